The fourth-order valence-electron chi connectivity index (χ4n) is 9.98. The minimum atomic E-state index is -1.30. The number of aromatic nitrogens is 7. The minimum absolute atomic E-state index is 0.00672. The third-order valence-electron chi connectivity index (χ3n) is 14.6. The number of carbonyl (C=O) groups excluding carboxylic acids is 7. The Bertz CT molecular complexity index is 4020. The van der Waals surface area contributed by atoms with E-state index in [-0.39, 0.29) is 59.4 Å². The molecule has 0 aliphatic carbocycles. The van der Waals surface area contributed by atoms with Crippen LogP contribution in [-0.4, -0.2) is 138 Å². The number of primary amides is 1. The van der Waals surface area contributed by atoms with E-state index in [4.69, 9.17) is 50.1 Å². The number of hydrogen-bond donors (Lipinski definition) is 7. The van der Waals surface area contributed by atoms with Crippen LogP contribution in [0.4, 0.5) is 0 Å². The Morgan fingerprint density at radius 2 is 1.44 bits per heavy atom. The van der Waals surface area contributed by atoms with E-state index in [0.717, 1.165) is 11.3 Å². The summed E-state index contributed by atoms with van der Waals surface area (Å²) in [6.45, 7) is 7.33. The molecule has 10 heterocycles. The number of hydrogen-bond acceptors (Lipinski definition) is 24. The van der Waals surface area contributed by atoms with Crippen LogP contribution in [0, 0.1) is 12.8 Å². The average Bonchev–Trinajstić information content (AvgIpc) is 3.06. The Kier molecular flexibility index (Phi) is 18.4. The summed E-state index contributed by atoms with van der Waals surface area (Å²) in [6, 6.07) is 6.74. The van der Waals surface area contributed by atoms with Crippen LogP contribution in [0.3, 0.4) is 0 Å². The number of thiazole rings is 6. The molecular formula is C57H57N15O10S6. The van der Waals surface area contributed by atoms with Crippen molar-refractivity contribution >= 4 is 115 Å². The van der Waals surface area contributed by atoms with E-state index >= 15 is 0 Å². The van der Waals surface area contributed by atoms with Crippen LogP contribution in [0.1, 0.15) is 132 Å². The highest BCUT2D eigenvalue weighted by molar-refractivity contribution is 7.15. The molecule has 456 valence electrons. The molecule has 10 bridgehead atoms. The third-order valence-corrected chi connectivity index (χ3v) is 20.3. The highest BCUT2D eigenvalue weighted by Crippen LogP contribution is 2.40. The van der Waals surface area contributed by atoms with E-state index in [0.29, 0.717) is 93.8 Å². The van der Waals surface area contributed by atoms with Crippen LogP contribution in [0.5, 0.6) is 0 Å². The molecule has 0 unspecified atom stereocenters. The van der Waals surface area contributed by atoms with E-state index in [1.807, 2.05) is 13.8 Å². The molecule has 7 amide bonds. The van der Waals surface area contributed by atoms with Gasteiger partial charge in [-0.25, -0.2) is 39.9 Å². The Hall–Kier alpha value is -8.17. The minimum Gasteiger partial charge on any atom is -0.473 e. The van der Waals surface area contributed by atoms with Gasteiger partial charge in [0.05, 0.1) is 35.7 Å². The van der Waals surface area contributed by atoms with Crippen LogP contribution >= 0.6 is 68.0 Å². The van der Waals surface area contributed by atoms with E-state index < -0.39 is 77.8 Å². The van der Waals surface area contributed by atoms with E-state index in [1.54, 1.807) is 70.9 Å². The van der Waals surface area contributed by atoms with E-state index in [1.165, 1.54) is 82.7 Å². The number of ether oxygens (including phenoxy) is 2. The average molecular weight is 1300 g/mol. The molecule has 3 aliphatic heterocycles. The van der Waals surface area contributed by atoms with Gasteiger partial charge in [-0.05, 0) is 50.3 Å². The number of aliphatic hydroxyl groups excluding tert-OH is 1. The summed E-state index contributed by atoms with van der Waals surface area (Å²) in [6.07, 6.45) is -0.388. The predicted molar refractivity (Wildman–Crippen MR) is 332 cm³/mol. The molecule has 25 nitrogen and oxygen atoms in total. The molecule has 3 aliphatic rings. The van der Waals surface area contributed by atoms with Crippen molar-refractivity contribution in [1.82, 2.24) is 66.4 Å². The van der Waals surface area contributed by atoms with Gasteiger partial charge in [-0.15, -0.1) is 68.0 Å². The number of nitrogens with one attached hydrogen (secondary N) is 5. The molecule has 7 atom stereocenters. The molecule has 1 aromatic carbocycles. The lowest BCUT2D eigenvalue weighted by atomic mass is 10.0. The van der Waals surface area contributed by atoms with Crippen LogP contribution in [-0.2, 0) is 35.3 Å². The molecule has 31 heteroatoms. The molecule has 11 rings (SSSR count). The third kappa shape index (κ3) is 12.9. The van der Waals surface area contributed by atoms with Crippen molar-refractivity contribution in [2.45, 2.75) is 95.9 Å². The van der Waals surface area contributed by atoms with Gasteiger partial charge >= 0.3 is 0 Å². The number of methoxy groups -OCH3 is 1. The first-order valence-electron chi connectivity index (χ1n) is 27.6. The summed E-state index contributed by atoms with van der Waals surface area (Å²) in [4.78, 5) is 137. The van der Waals surface area contributed by atoms with Gasteiger partial charge < -0.3 is 51.8 Å². The standard InChI is InChI=1S/C57H57N15O10S6/c1-24(2)39-56-71-42(37(88-56)19-81-6)49(79)60-25(3)46(76)69-43(44(74)27-11-8-7-9-12-27)55-67-35(23-86-55)53-64-32(20-84-53)41-28(51-65-33(21-83-51)47(77)62-30(17-38(73)59-5)54-70-40(26(4)87-54)48(78)68-39)14-15-29(61-41)52-66-34(22-85-52)50-63-31(18-82-50)57(80)72-16-10-13-36(72)45(58)75/h7-9,11-12,14-15,20-25,30-31,36,39,43-44,74H,10,13,16-19H2,1-6H3,(H2,58,75)(H,59,73)(H,60,79)(H,62,77)(H,68,78)(H,69,76)/t25-,30-,31-,36-,39-,43-,44-/m0/s1. The monoisotopic (exact) mass is 1300 g/mol. The number of rotatable bonds is 11. The van der Waals surface area contributed by atoms with Crippen molar-refractivity contribution in [2.24, 2.45) is 16.6 Å². The normalized spacial score (nSPS) is 20.3. The Balaban J connectivity index is 0.978. The number of nitrogens with zero attached hydrogens (tertiary/aromatic N) is 9. The Morgan fingerprint density at radius 1 is 0.750 bits per heavy atom. The zero-order valence-electron chi connectivity index (χ0n) is 47.9. The fraction of sp³-hybridized carbons (Fsp3) is 0.351. The SMILES string of the molecule is CNC(=O)C[C@@H]1NC(=O)c2csc(n2)-c2ccc(-c3nc(C4=N[C@H](C(=O)N5CCC[C@H]5C(N)=O)CO4)cs3)nc2-c2csc(n2)-c2csc(n2)[C@H]([C@@H](O)c2ccccc2)NC(=O)[C@H](C)NC(=O)c2nc(sc2COC)[C@H](C(C)C)NC(=O)c2nc1sc2C. The number of aliphatic hydroxyl groups is 1. The number of likely N-dealkylation sites (tertiary alicyclic amines) is 1. The first-order valence-corrected chi connectivity index (χ1v) is 32.8. The summed E-state index contributed by atoms with van der Waals surface area (Å²) < 4.78 is 11.4. The van der Waals surface area contributed by atoms with Crippen LogP contribution in [0.15, 0.2) is 69.0 Å². The van der Waals surface area contributed by atoms with Crippen molar-refractivity contribution in [1.29, 1.82) is 0 Å². The van der Waals surface area contributed by atoms with Gasteiger partial charge in [-0.1, -0.05) is 44.2 Å². The molecule has 0 spiro atoms. The Labute approximate surface area is 526 Å². The number of carbonyl (C=O) groups is 7. The van der Waals surface area contributed by atoms with Crippen LogP contribution in [0.2, 0.25) is 0 Å². The molecule has 8 aromatic rings. The van der Waals surface area contributed by atoms with Crippen molar-refractivity contribution in [3.8, 4) is 43.4 Å². The van der Waals surface area contributed by atoms with Crippen LogP contribution < -0.4 is 32.3 Å². The van der Waals surface area contributed by atoms with Gasteiger partial charge in [0.15, 0.2) is 6.04 Å². The molecule has 0 radical (unpaired) electrons. The number of benzene rings is 1. The second kappa shape index (κ2) is 26.3. The second-order valence-corrected chi connectivity index (χ2v) is 26.8. The predicted octanol–water partition coefficient (Wildman–Crippen LogP) is 6.32. The largest absolute Gasteiger partial charge is 0.473 e. The highest BCUT2D eigenvalue weighted by Gasteiger charge is 2.40. The highest BCUT2D eigenvalue weighted by atomic mass is 32.1. The lowest BCUT2D eigenvalue weighted by Gasteiger charge is -2.24. The lowest BCUT2D eigenvalue weighted by molar-refractivity contribution is -0.138. The number of amides is 7. The zero-order chi connectivity index (χ0) is 62.1. The number of nitrogens with two attached hydrogens (primary N) is 1. The van der Waals surface area contributed by atoms with E-state index in [2.05, 4.69) is 31.6 Å². The maximum absolute atomic E-state index is 14.4. The number of fused-ring (bicyclic) bond motifs is 14. The Morgan fingerprint density at radius 3 is 2.19 bits per heavy atom. The van der Waals surface area contributed by atoms with E-state index in [9.17, 15) is 38.7 Å². The molecule has 0 saturated carbocycles. The van der Waals surface area contributed by atoms with Gasteiger partial charge in [-0.2, -0.15) is 0 Å². The van der Waals surface area contributed by atoms with Crippen molar-refractivity contribution in [2.75, 3.05) is 27.3 Å². The fourth-order valence-corrected chi connectivity index (χ4v) is 15.5. The first-order chi connectivity index (χ1) is 42.3. The number of aliphatic imine (C=N–C) groups is 1. The smallest absolute Gasteiger partial charge is 0.271 e. The number of pyridine rings is 1. The maximum atomic E-state index is 14.4. The lowest BCUT2D eigenvalue weighted by Crippen LogP contribution is -2.47. The molecule has 7 aromatic heterocycles. The maximum Gasteiger partial charge on any atom is 0.271 e. The van der Waals surface area contributed by atoms with Crippen molar-refractivity contribution < 1.29 is 48.1 Å². The van der Waals surface area contributed by atoms with Gasteiger partial charge in [0, 0.05) is 52.7 Å². The topological polar surface area (TPSA) is 350 Å². The van der Waals surface area contributed by atoms with Gasteiger partial charge in [-0.3, -0.25) is 33.6 Å². The summed E-state index contributed by atoms with van der Waals surface area (Å²) in [5, 5.41) is 35.5. The zero-order valence-corrected chi connectivity index (χ0v) is 52.8. The molecular weight excluding hydrogens is 1250 g/mol. The first kappa shape index (κ1) is 61.5. The summed E-state index contributed by atoms with van der Waals surface area (Å²) in [5.41, 5.74) is 8.65. The van der Waals surface area contributed by atoms with Gasteiger partial charge in [0.2, 0.25) is 23.6 Å². The summed E-state index contributed by atoms with van der Waals surface area (Å²) in [5.74, 6) is -3.92. The quantitative estimate of drug-likeness (QED) is 0.0744. The summed E-state index contributed by atoms with van der Waals surface area (Å²) >= 11 is 7.20. The molecule has 8 N–H and O–H groups in total. The number of aryl methyl sites for hydroxylation is 1. The van der Waals surface area contributed by atoms with Crippen LogP contribution in [0.25, 0.3) is 43.4 Å². The molecule has 1 fully saturated rings. The van der Waals surface area contributed by atoms with Gasteiger partial charge in [0.25, 0.3) is 23.6 Å². The van der Waals surface area contributed by atoms with Crippen molar-refractivity contribution in [3.63, 3.8) is 0 Å². The summed E-state index contributed by atoms with van der Waals surface area (Å²) in [7, 11) is 2.94. The molecule has 88 heavy (non-hydrogen) atoms. The van der Waals surface area contributed by atoms with Crippen molar-refractivity contribution in [3.05, 3.63) is 117 Å². The second-order valence-electron chi connectivity index (χ2n) is 21.0. The molecule has 1 saturated heterocycles. The van der Waals surface area contributed by atoms with Gasteiger partial charge in [0.1, 0.15) is 101 Å².